The Bertz CT molecular complexity index is 511. The lowest BCUT2D eigenvalue weighted by molar-refractivity contribution is -0.274. The fourth-order valence-corrected chi connectivity index (χ4v) is 1.41. The third-order valence-electron chi connectivity index (χ3n) is 2.11. The van der Waals surface area contributed by atoms with Crippen LogP contribution in [-0.2, 0) is 0 Å². The van der Waals surface area contributed by atoms with Crippen LogP contribution in [-0.4, -0.2) is 6.36 Å². The maximum atomic E-state index is 12.2. The van der Waals surface area contributed by atoms with Crippen LogP contribution in [0.5, 0.6) is 5.75 Å². The Morgan fingerprint density at radius 1 is 1.00 bits per heavy atom. The fraction of sp³-hybridized carbons (Fsp3) is 0.0769. The van der Waals surface area contributed by atoms with E-state index in [4.69, 9.17) is 0 Å². The average Bonchev–Trinajstić information content (AvgIpc) is 2.31. The number of rotatable bonds is 3. The first-order valence-corrected chi connectivity index (χ1v) is 5.12. The molecule has 0 heterocycles. The van der Waals surface area contributed by atoms with Crippen molar-refractivity contribution in [1.82, 2.24) is 0 Å². The molecule has 0 unspecified atom stereocenters. The Balaban J connectivity index is 2.23. The predicted octanol–water partition coefficient (Wildman–Crippen LogP) is 4.13. The van der Waals surface area contributed by atoms with E-state index in [1.54, 1.807) is 30.3 Å². The third-order valence-corrected chi connectivity index (χ3v) is 2.11. The van der Waals surface area contributed by atoms with Crippen molar-refractivity contribution in [2.45, 2.75) is 6.36 Å². The van der Waals surface area contributed by atoms with E-state index in [1.807, 2.05) is 0 Å². The summed E-state index contributed by atoms with van der Waals surface area (Å²) >= 11 is 0. The number of benzene rings is 2. The van der Waals surface area contributed by atoms with Crippen LogP contribution in [0.15, 0.2) is 48.5 Å². The average molecular weight is 252 g/mol. The van der Waals surface area contributed by atoms with E-state index in [0.717, 1.165) is 0 Å². The lowest BCUT2D eigenvalue weighted by Gasteiger charge is -2.14. The van der Waals surface area contributed by atoms with Crippen molar-refractivity contribution in [3.8, 4) is 5.75 Å². The molecule has 0 amide bonds. The summed E-state index contributed by atoms with van der Waals surface area (Å²) in [6.45, 7) is 0. The van der Waals surface area contributed by atoms with Gasteiger partial charge in [-0.05, 0) is 30.3 Å². The van der Waals surface area contributed by atoms with Gasteiger partial charge < -0.3 is 10.1 Å². The van der Waals surface area contributed by atoms with Gasteiger partial charge >= 0.3 is 6.36 Å². The highest BCUT2D eigenvalue weighted by atomic mass is 19.4. The molecule has 0 fully saturated rings. The molecule has 2 rings (SSSR count). The van der Waals surface area contributed by atoms with Gasteiger partial charge in [-0.1, -0.05) is 24.3 Å². The second kappa shape index (κ2) is 5.00. The van der Waals surface area contributed by atoms with E-state index in [1.165, 1.54) is 18.2 Å². The van der Waals surface area contributed by atoms with Gasteiger partial charge in [-0.3, -0.25) is 0 Å². The van der Waals surface area contributed by atoms with Gasteiger partial charge in [-0.15, -0.1) is 13.2 Å². The number of ether oxygens (including phenoxy) is 1. The minimum atomic E-state index is -4.71. The Morgan fingerprint density at radius 3 is 2.33 bits per heavy atom. The molecule has 1 radical (unpaired) electrons. The summed E-state index contributed by atoms with van der Waals surface area (Å²) in [5.41, 5.74) is 0.910. The molecule has 0 aromatic heterocycles. The summed E-state index contributed by atoms with van der Waals surface area (Å²) in [6.07, 6.45) is -4.71. The molecule has 0 saturated carbocycles. The van der Waals surface area contributed by atoms with Gasteiger partial charge in [-0.25, -0.2) is 0 Å². The molecule has 0 spiro atoms. The lowest BCUT2D eigenvalue weighted by Crippen LogP contribution is -2.17. The molecule has 0 aliphatic carbocycles. The van der Waals surface area contributed by atoms with Crippen molar-refractivity contribution in [3.05, 3.63) is 54.6 Å². The van der Waals surface area contributed by atoms with Crippen LogP contribution in [0.3, 0.4) is 0 Å². The summed E-state index contributed by atoms with van der Waals surface area (Å²) in [7, 11) is 0. The topological polar surface area (TPSA) is 21.3 Å². The van der Waals surface area contributed by atoms with Crippen molar-refractivity contribution < 1.29 is 17.9 Å². The zero-order valence-electron chi connectivity index (χ0n) is 9.16. The monoisotopic (exact) mass is 252 g/mol. The van der Waals surface area contributed by atoms with Gasteiger partial charge in [0.25, 0.3) is 0 Å². The minimum absolute atomic E-state index is 0.251. The molecule has 2 aromatic rings. The Kier molecular flexibility index (Phi) is 3.41. The summed E-state index contributed by atoms with van der Waals surface area (Å²) < 4.78 is 40.6. The molecular weight excluding hydrogens is 243 g/mol. The first kappa shape index (κ1) is 12.3. The smallest absolute Gasteiger partial charge is 0.404 e. The van der Waals surface area contributed by atoms with E-state index < -0.39 is 6.36 Å². The molecule has 0 atom stereocenters. The molecular formula is C13H9F3NO. The van der Waals surface area contributed by atoms with E-state index in [9.17, 15) is 13.2 Å². The van der Waals surface area contributed by atoms with Crippen LogP contribution in [0.25, 0.3) is 0 Å². The van der Waals surface area contributed by atoms with Crippen molar-refractivity contribution in [3.63, 3.8) is 0 Å². The Hall–Kier alpha value is -2.17. The first-order chi connectivity index (χ1) is 8.54. The fourth-order valence-electron chi connectivity index (χ4n) is 1.41. The largest absolute Gasteiger partial charge is 0.573 e. The molecule has 2 nitrogen and oxygen atoms in total. The van der Waals surface area contributed by atoms with Crippen molar-refractivity contribution >= 4 is 11.4 Å². The Morgan fingerprint density at radius 2 is 1.67 bits per heavy atom. The molecule has 18 heavy (non-hydrogen) atoms. The predicted molar refractivity (Wildman–Crippen MR) is 61.7 cm³/mol. The summed E-state index contributed by atoms with van der Waals surface area (Å²) in [4.78, 5) is 0. The summed E-state index contributed by atoms with van der Waals surface area (Å²) in [5.74, 6) is -0.266. The van der Waals surface area contributed by atoms with E-state index >= 15 is 0 Å². The SMILES string of the molecule is FC(F)(F)Oc1ccccc1Nc1cc[c]cc1. The quantitative estimate of drug-likeness (QED) is 0.886. The highest BCUT2D eigenvalue weighted by Crippen LogP contribution is 2.31. The molecule has 2 aromatic carbocycles. The lowest BCUT2D eigenvalue weighted by atomic mass is 10.2. The number of alkyl halides is 3. The number of halogens is 3. The minimum Gasteiger partial charge on any atom is -0.404 e. The van der Waals surface area contributed by atoms with Crippen molar-refractivity contribution in [2.24, 2.45) is 0 Å². The zero-order chi connectivity index (χ0) is 13.0. The van der Waals surface area contributed by atoms with Crippen LogP contribution in [0.2, 0.25) is 0 Å². The molecule has 93 valence electrons. The van der Waals surface area contributed by atoms with Crippen LogP contribution >= 0.6 is 0 Å². The third kappa shape index (κ3) is 3.41. The van der Waals surface area contributed by atoms with Crippen molar-refractivity contribution in [2.75, 3.05) is 5.32 Å². The van der Waals surface area contributed by atoms with E-state index in [2.05, 4.69) is 16.1 Å². The summed E-state index contributed by atoms with van der Waals surface area (Å²) in [6, 6.07) is 15.4. The van der Waals surface area contributed by atoms with Crippen LogP contribution < -0.4 is 10.1 Å². The molecule has 1 N–H and O–H groups in total. The van der Waals surface area contributed by atoms with Gasteiger partial charge in [0.05, 0.1) is 5.69 Å². The maximum absolute atomic E-state index is 12.2. The molecule has 0 saturated heterocycles. The van der Waals surface area contributed by atoms with Gasteiger partial charge in [-0.2, -0.15) is 0 Å². The number of para-hydroxylation sites is 2. The number of hydrogen-bond donors (Lipinski definition) is 1. The molecule has 5 heteroatoms. The van der Waals surface area contributed by atoms with Gasteiger partial charge in [0.1, 0.15) is 0 Å². The highest BCUT2D eigenvalue weighted by Gasteiger charge is 2.32. The summed E-state index contributed by atoms with van der Waals surface area (Å²) in [5, 5.41) is 2.85. The standard InChI is InChI=1S/C13H9F3NO/c14-13(15,16)18-12-9-5-4-8-11(12)17-10-6-2-1-3-7-10/h2-9,17H. The van der Waals surface area contributed by atoms with Crippen LogP contribution in [0, 0.1) is 6.07 Å². The second-order valence-corrected chi connectivity index (χ2v) is 3.46. The van der Waals surface area contributed by atoms with E-state index in [0.29, 0.717) is 5.69 Å². The maximum Gasteiger partial charge on any atom is 0.573 e. The van der Waals surface area contributed by atoms with E-state index in [-0.39, 0.29) is 11.4 Å². The Labute approximate surface area is 102 Å². The van der Waals surface area contributed by atoms with Gasteiger partial charge in [0.15, 0.2) is 5.75 Å². The number of nitrogens with one attached hydrogen (secondary N) is 1. The molecule has 0 aliphatic heterocycles. The molecule has 0 aliphatic rings. The van der Waals surface area contributed by atoms with Crippen LogP contribution in [0.1, 0.15) is 0 Å². The number of anilines is 2. The van der Waals surface area contributed by atoms with Crippen LogP contribution in [0.4, 0.5) is 24.5 Å². The van der Waals surface area contributed by atoms with Gasteiger partial charge in [0, 0.05) is 5.69 Å². The van der Waals surface area contributed by atoms with Gasteiger partial charge in [0.2, 0.25) is 0 Å². The normalized spacial score (nSPS) is 11.1. The first-order valence-electron chi connectivity index (χ1n) is 5.12. The van der Waals surface area contributed by atoms with Crippen molar-refractivity contribution in [1.29, 1.82) is 0 Å². The zero-order valence-corrected chi connectivity index (χ0v) is 9.16. The number of hydrogen-bond acceptors (Lipinski definition) is 2. The molecule has 0 bridgehead atoms. The second-order valence-electron chi connectivity index (χ2n) is 3.46. The highest BCUT2D eigenvalue weighted by molar-refractivity contribution is 5.65.